The number of nitrogens with one attached hydrogen (secondary N) is 1. The van der Waals surface area contributed by atoms with Crippen molar-refractivity contribution in [2.45, 2.75) is 20.3 Å². The summed E-state index contributed by atoms with van der Waals surface area (Å²) < 4.78 is 15.5. The molecule has 0 aliphatic carbocycles. The molecule has 0 unspecified atom stereocenters. The van der Waals surface area contributed by atoms with Crippen molar-refractivity contribution in [2.75, 3.05) is 11.5 Å². The predicted octanol–water partition coefficient (Wildman–Crippen LogP) is 2.91. The molecule has 162 valence electrons. The Bertz CT molecular complexity index is 1490. The van der Waals surface area contributed by atoms with Crippen molar-refractivity contribution in [3.8, 4) is 5.69 Å². The maximum Gasteiger partial charge on any atom is 0.268 e. The van der Waals surface area contributed by atoms with E-state index in [1.807, 2.05) is 38.1 Å². The lowest BCUT2D eigenvalue weighted by molar-refractivity contribution is 0.636. The zero-order chi connectivity index (χ0) is 22.8. The second kappa shape index (κ2) is 8.42. The fourth-order valence-corrected chi connectivity index (χ4v) is 3.41. The van der Waals surface area contributed by atoms with E-state index in [0.717, 1.165) is 11.3 Å². The Labute approximate surface area is 182 Å². The molecule has 5 aromatic rings. The van der Waals surface area contributed by atoms with Gasteiger partial charge in [-0.3, -0.25) is 9.36 Å². The number of rotatable bonds is 2. The average molecular weight is 432 g/mol. The zero-order valence-electron chi connectivity index (χ0n) is 17.5. The summed E-state index contributed by atoms with van der Waals surface area (Å²) in [5.74, 6) is 0.564. The van der Waals surface area contributed by atoms with Crippen LogP contribution in [0, 0.1) is 12.7 Å². The summed E-state index contributed by atoms with van der Waals surface area (Å²) in [6.45, 7) is 3.86. The van der Waals surface area contributed by atoms with E-state index < -0.39 is 5.82 Å². The van der Waals surface area contributed by atoms with E-state index in [1.165, 1.54) is 17.0 Å². The number of nitrogens with two attached hydrogens (primary N) is 2. The average Bonchev–Trinajstić information content (AvgIpc) is 3.24. The SMILES string of the molecule is CCc1nc2cccc(F)c2c(=O)n1-c1ccccc1C.Nc1nc(N)c2[nH]cnc2n1. The standard InChI is InChI=1S/C17H15FN2O.C5H6N6/c1-3-15-19-13-9-6-8-12(18)16(13)17(21)20(15)14-10-5-4-7-11(14)2;6-3-2-4(9-1-8-2)11-5(7)10-3/h4-10H,3H2,1-2H3;1H,(H5,6,7,8,9,10,11). The molecule has 0 fully saturated rings. The fraction of sp³-hybridized carbons (Fsp3) is 0.136. The van der Waals surface area contributed by atoms with Crippen molar-refractivity contribution in [2.24, 2.45) is 0 Å². The molecule has 5 rings (SSSR count). The third-order valence-corrected chi connectivity index (χ3v) is 4.92. The van der Waals surface area contributed by atoms with Gasteiger partial charge in [-0.2, -0.15) is 9.97 Å². The molecule has 9 nitrogen and oxygen atoms in total. The molecule has 0 aliphatic rings. The highest BCUT2D eigenvalue weighted by Gasteiger charge is 2.15. The molecule has 32 heavy (non-hydrogen) atoms. The number of H-pyrrole nitrogens is 1. The molecule has 0 radical (unpaired) electrons. The maximum atomic E-state index is 14.0. The van der Waals surface area contributed by atoms with Crippen LogP contribution in [0.5, 0.6) is 0 Å². The number of hydrogen-bond acceptors (Lipinski definition) is 7. The number of benzene rings is 2. The van der Waals surface area contributed by atoms with Crippen LogP contribution in [0.25, 0.3) is 27.8 Å². The predicted molar refractivity (Wildman–Crippen MR) is 122 cm³/mol. The molecule has 0 atom stereocenters. The van der Waals surface area contributed by atoms with Gasteiger partial charge in [0.05, 0.1) is 17.5 Å². The Morgan fingerprint density at radius 1 is 1.06 bits per heavy atom. The Morgan fingerprint density at radius 2 is 1.84 bits per heavy atom. The Hall–Kier alpha value is -4.34. The summed E-state index contributed by atoms with van der Waals surface area (Å²) in [5.41, 5.74) is 13.7. The van der Waals surface area contributed by atoms with Crippen molar-refractivity contribution in [1.82, 2.24) is 29.5 Å². The van der Waals surface area contributed by atoms with Gasteiger partial charge in [-0.05, 0) is 30.7 Å². The number of aryl methyl sites for hydroxylation is 2. The van der Waals surface area contributed by atoms with Gasteiger partial charge in [-0.1, -0.05) is 31.2 Å². The van der Waals surface area contributed by atoms with Gasteiger partial charge in [0.1, 0.15) is 22.5 Å². The van der Waals surface area contributed by atoms with Crippen LogP contribution in [0.1, 0.15) is 18.3 Å². The Morgan fingerprint density at radius 3 is 2.59 bits per heavy atom. The highest BCUT2D eigenvalue weighted by atomic mass is 19.1. The maximum absolute atomic E-state index is 14.0. The number of aromatic amines is 1. The Balaban J connectivity index is 0.000000186. The van der Waals surface area contributed by atoms with Crippen molar-refractivity contribution >= 4 is 33.8 Å². The summed E-state index contributed by atoms with van der Waals surface area (Å²) in [7, 11) is 0. The lowest BCUT2D eigenvalue weighted by Crippen LogP contribution is -2.25. The van der Waals surface area contributed by atoms with Gasteiger partial charge in [0, 0.05) is 6.42 Å². The van der Waals surface area contributed by atoms with E-state index in [-0.39, 0.29) is 16.9 Å². The summed E-state index contributed by atoms with van der Waals surface area (Å²) in [6, 6.07) is 12.1. The van der Waals surface area contributed by atoms with Crippen molar-refractivity contribution in [1.29, 1.82) is 0 Å². The van der Waals surface area contributed by atoms with E-state index >= 15 is 0 Å². The van der Waals surface area contributed by atoms with Crippen LogP contribution >= 0.6 is 0 Å². The summed E-state index contributed by atoms with van der Waals surface area (Å²) in [5, 5.41) is 0.0398. The molecule has 0 aliphatic heterocycles. The molecular formula is C22H21FN8O. The lowest BCUT2D eigenvalue weighted by atomic mass is 10.1. The number of nitrogens with zero attached hydrogens (tertiary/aromatic N) is 5. The molecule has 2 aromatic carbocycles. The molecule has 0 spiro atoms. The number of hydrogen-bond donors (Lipinski definition) is 3. The smallest absolute Gasteiger partial charge is 0.268 e. The third-order valence-electron chi connectivity index (χ3n) is 4.92. The van der Waals surface area contributed by atoms with Crippen molar-refractivity contribution < 1.29 is 4.39 Å². The van der Waals surface area contributed by atoms with Gasteiger partial charge in [0.15, 0.2) is 11.5 Å². The molecular weight excluding hydrogens is 411 g/mol. The monoisotopic (exact) mass is 432 g/mol. The van der Waals surface area contributed by atoms with E-state index in [2.05, 4.69) is 24.9 Å². The second-order valence-corrected chi connectivity index (χ2v) is 7.01. The van der Waals surface area contributed by atoms with Gasteiger partial charge in [0.2, 0.25) is 5.95 Å². The minimum atomic E-state index is -0.532. The van der Waals surface area contributed by atoms with Crippen LogP contribution in [0.15, 0.2) is 53.6 Å². The van der Waals surface area contributed by atoms with Gasteiger partial charge in [-0.15, -0.1) is 0 Å². The normalized spacial score (nSPS) is 10.8. The number of nitrogen functional groups attached to an aromatic ring is 2. The lowest BCUT2D eigenvalue weighted by Gasteiger charge is -2.14. The molecule has 0 bridgehead atoms. The number of imidazole rings is 1. The third kappa shape index (κ3) is 3.73. The largest absolute Gasteiger partial charge is 0.382 e. The quantitative estimate of drug-likeness (QED) is 0.389. The van der Waals surface area contributed by atoms with E-state index in [1.54, 1.807) is 12.1 Å². The number of aromatic nitrogens is 6. The number of anilines is 2. The van der Waals surface area contributed by atoms with Crippen LogP contribution in [0.2, 0.25) is 0 Å². The van der Waals surface area contributed by atoms with E-state index in [9.17, 15) is 9.18 Å². The van der Waals surface area contributed by atoms with Crippen LogP contribution in [0.3, 0.4) is 0 Å². The molecule has 3 aromatic heterocycles. The molecule has 0 saturated heterocycles. The van der Waals surface area contributed by atoms with Gasteiger partial charge in [-0.25, -0.2) is 14.4 Å². The highest BCUT2D eigenvalue weighted by molar-refractivity contribution is 5.82. The summed E-state index contributed by atoms with van der Waals surface area (Å²) >= 11 is 0. The van der Waals surface area contributed by atoms with Crippen LogP contribution in [-0.4, -0.2) is 29.5 Å². The number of fused-ring (bicyclic) bond motifs is 2. The topological polar surface area (TPSA) is 141 Å². The van der Waals surface area contributed by atoms with E-state index in [0.29, 0.717) is 34.7 Å². The summed E-state index contributed by atoms with van der Waals surface area (Å²) in [4.78, 5) is 31.5. The molecule has 3 heterocycles. The van der Waals surface area contributed by atoms with E-state index in [4.69, 9.17) is 11.5 Å². The minimum absolute atomic E-state index is 0.0398. The molecule has 0 saturated carbocycles. The van der Waals surface area contributed by atoms with Crippen LogP contribution in [0.4, 0.5) is 16.2 Å². The first-order valence-corrected chi connectivity index (χ1v) is 9.89. The second-order valence-electron chi connectivity index (χ2n) is 7.01. The van der Waals surface area contributed by atoms with Crippen LogP contribution < -0.4 is 17.0 Å². The van der Waals surface area contributed by atoms with Gasteiger partial charge < -0.3 is 16.5 Å². The molecule has 5 N–H and O–H groups in total. The summed E-state index contributed by atoms with van der Waals surface area (Å²) in [6.07, 6.45) is 2.09. The van der Waals surface area contributed by atoms with Gasteiger partial charge in [0.25, 0.3) is 5.56 Å². The molecule has 10 heteroatoms. The van der Waals surface area contributed by atoms with Crippen molar-refractivity contribution in [3.63, 3.8) is 0 Å². The zero-order valence-corrected chi connectivity index (χ0v) is 17.5. The minimum Gasteiger partial charge on any atom is -0.382 e. The van der Waals surface area contributed by atoms with Crippen LogP contribution in [-0.2, 0) is 6.42 Å². The highest BCUT2D eigenvalue weighted by Crippen LogP contribution is 2.18. The number of halogens is 1. The van der Waals surface area contributed by atoms with Crippen molar-refractivity contribution in [3.05, 3.63) is 76.4 Å². The Kier molecular flexibility index (Phi) is 5.50. The first kappa shape index (κ1) is 20.9. The molecule has 0 amide bonds. The fourth-order valence-electron chi connectivity index (χ4n) is 3.41. The first-order valence-electron chi connectivity index (χ1n) is 9.89. The number of para-hydroxylation sites is 1. The van der Waals surface area contributed by atoms with Gasteiger partial charge >= 0.3 is 0 Å². The first-order chi connectivity index (χ1) is 15.4.